The van der Waals surface area contributed by atoms with Gasteiger partial charge in [-0.15, -0.1) is 11.3 Å². The van der Waals surface area contributed by atoms with Crippen molar-refractivity contribution < 1.29 is 19.1 Å². The van der Waals surface area contributed by atoms with Crippen molar-refractivity contribution >= 4 is 23.2 Å². The monoisotopic (exact) mass is 395 g/mol. The first-order valence-electron chi connectivity index (χ1n) is 8.89. The Balaban J connectivity index is 1.54. The minimum atomic E-state index is -0.550. The topological polar surface area (TPSA) is 64.6 Å². The largest absolute Gasteiger partial charge is 0.489 e. The Morgan fingerprint density at radius 2 is 1.75 bits per heavy atom. The number of amides is 1. The lowest BCUT2D eigenvalue weighted by atomic mass is 10.1. The van der Waals surface area contributed by atoms with E-state index in [1.54, 1.807) is 29.5 Å². The predicted octanol–water partition coefficient (Wildman–Crippen LogP) is 4.36. The molecular weight excluding hydrogens is 374 g/mol. The molecular formula is C22H21NO4S. The van der Waals surface area contributed by atoms with E-state index in [0.717, 1.165) is 4.88 Å². The standard InChI is InChI=1S/C22H21NO4S/c1-16(20-12-7-13-28-20)23-21(24)15-27-22(25)19-11-6-5-8-17(19)14-26-18-9-3-2-4-10-18/h2-13,16H,14-15H2,1H3,(H,23,24)/t16-/m0/s1. The van der Waals surface area contributed by atoms with Gasteiger partial charge in [0.2, 0.25) is 0 Å². The summed E-state index contributed by atoms with van der Waals surface area (Å²) in [6.07, 6.45) is 0. The fourth-order valence-corrected chi connectivity index (χ4v) is 3.36. The molecule has 28 heavy (non-hydrogen) atoms. The summed E-state index contributed by atoms with van der Waals surface area (Å²) in [6, 6.07) is 20.2. The van der Waals surface area contributed by atoms with Gasteiger partial charge in [0.15, 0.2) is 6.61 Å². The molecule has 0 aliphatic carbocycles. The highest BCUT2D eigenvalue weighted by Gasteiger charge is 2.16. The van der Waals surface area contributed by atoms with Crippen molar-refractivity contribution in [3.63, 3.8) is 0 Å². The van der Waals surface area contributed by atoms with E-state index in [4.69, 9.17) is 9.47 Å². The van der Waals surface area contributed by atoms with Crippen LogP contribution in [0.25, 0.3) is 0 Å². The number of rotatable bonds is 8. The second-order valence-corrected chi connectivity index (χ2v) is 7.12. The van der Waals surface area contributed by atoms with Crippen LogP contribution in [0, 0.1) is 0 Å². The predicted molar refractivity (Wildman–Crippen MR) is 108 cm³/mol. The van der Waals surface area contributed by atoms with Crippen LogP contribution in [0.15, 0.2) is 72.1 Å². The lowest BCUT2D eigenvalue weighted by Gasteiger charge is -2.13. The molecule has 3 rings (SSSR count). The third-order valence-electron chi connectivity index (χ3n) is 4.06. The molecule has 144 valence electrons. The first kappa shape index (κ1) is 19.6. The summed E-state index contributed by atoms with van der Waals surface area (Å²) in [5, 5.41) is 4.77. The Kier molecular flexibility index (Phi) is 6.81. The molecule has 0 unspecified atom stereocenters. The van der Waals surface area contributed by atoms with E-state index in [9.17, 15) is 9.59 Å². The Hall–Kier alpha value is -3.12. The van der Waals surface area contributed by atoms with Crippen LogP contribution in [0.5, 0.6) is 5.75 Å². The van der Waals surface area contributed by atoms with E-state index in [-0.39, 0.29) is 25.2 Å². The Labute approximate surface area is 167 Å². The molecule has 0 radical (unpaired) electrons. The van der Waals surface area contributed by atoms with Crippen molar-refractivity contribution in [2.75, 3.05) is 6.61 Å². The Morgan fingerprint density at radius 3 is 2.50 bits per heavy atom. The van der Waals surface area contributed by atoms with Gasteiger partial charge in [-0.1, -0.05) is 42.5 Å². The lowest BCUT2D eigenvalue weighted by Crippen LogP contribution is -2.30. The number of esters is 1. The number of carbonyl (C=O) groups excluding carboxylic acids is 2. The highest BCUT2D eigenvalue weighted by atomic mass is 32.1. The number of hydrogen-bond donors (Lipinski definition) is 1. The fraction of sp³-hybridized carbons (Fsp3) is 0.182. The molecule has 3 aromatic rings. The molecule has 1 N–H and O–H groups in total. The number of para-hydroxylation sites is 1. The van der Waals surface area contributed by atoms with E-state index in [0.29, 0.717) is 16.9 Å². The zero-order valence-corrected chi connectivity index (χ0v) is 16.3. The quantitative estimate of drug-likeness (QED) is 0.576. The highest BCUT2D eigenvalue weighted by Crippen LogP contribution is 2.18. The van der Waals surface area contributed by atoms with Crippen molar-refractivity contribution in [2.45, 2.75) is 19.6 Å². The molecule has 1 amide bonds. The number of hydrogen-bond acceptors (Lipinski definition) is 5. The SMILES string of the molecule is C[C@H](NC(=O)COC(=O)c1ccccc1COc1ccccc1)c1cccs1. The van der Waals surface area contributed by atoms with Gasteiger partial charge in [0.1, 0.15) is 12.4 Å². The third kappa shape index (κ3) is 5.44. The average molecular weight is 395 g/mol. The van der Waals surface area contributed by atoms with Crippen LogP contribution in [0.4, 0.5) is 0 Å². The summed E-state index contributed by atoms with van der Waals surface area (Å²) >= 11 is 1.56. The number of carbonyl (C=O) groups is 2. The maximum absolute atomic E-state index is 12.4. The third-order valence-corrected chi connectivity index (χ3v) is 5.11. The lowest BCUT2D eigenvalue weighted by molar-refractivity contribution is -0.124. The second-order valence-electron chi connectivity index (χ2n) is 6.14. The zero-order valence-electron chi connectivity index (χ0n) is 15.5. The van der Waals surface area contributed by atoms with Gasteiger partial charge in [-0.2, -0.15) is 0 Å². The minimum Gasteiger partial charge on any atom is -0.489 e. The fourth-order valence-electron chi connectivity index (χ4n) is 2.62. The van der Waals surface area contributed by atoms with Crippen LogP contribution in [-0.4, -0.2) is 18.5 Å². The molecule has 0 bridgehead atoms. The molecule has 0 fully saturated rings. The first-order chi connectivity index (χ1) is 13.6. The summed E-state index contributed by atoms with van der Waals surface area (Å²) < 4.78 is 10.9. The van der Waals surface area contributed by atoms with E-state index < -0.39 is 5.97 Å². The van der Waals surface area contributed by atoms with Crippen LogP contribution in [0.3, 0.4) is 0 Å². The van der Waals surface area contributed by atoms with Gasteiger partial charge < -0.3 is 14.8 Å². The van der Waals surface area contributed by atoms with E-state index in [2.05, 4.69) is 5.32 Å². The van der Waals surface area contributed by atoms with Gasteiger partial charge in [0, 0.05) is 10.4 Å². The normalized spacial score (nSPS) is 11.5. The van der Waals surface area contributed by atoms with Crippen LogP contribution < -0.4 is 10.1 Å². The summed E-state index contributed by atoms with van der Waals surface area (Å²) in [6.45, 7) is 1.79. The number of thiophene rings is 1. The summed E-state index contributed by atoms with van der Waals surface area (Å²) in [7, 11) is 0. The molecule has 0 saturated heterocycles. The summed E-state index contributed by atoms with van der Waals surface area (Å²) in [4.78, 5) is 25.6. The van der Waals surface area contributed by atoms with Crippen molar-refractivity contribution in [3.8, 4) is 5.75 Å². The van der Waals surface area contributed by atoms with Crippen LogP contribution in [0.1, 0.15) is 33.8 Å². The van der Waals surface area contributed by atoms with E-state index >= 15 is 0 Å². The first-order valence-corrected chi connectivity index (χ1v) is 9.77. The van der Waals surface area contributed by atoms with Gasteiger partial charge in [-0.3, -0.25) is 4.79 Å². The molecule has 2 aromatic carbocycles. The van der Waals surface area contributed by atoms with Crippen LogP contribution in [0.2, 0.25) is 0 Å². The van der Waals surface area contributed by atoms with Crippen molar-refractivity contribution in [3.05, 3.63) is 88.1 Å². The average Bonchev–Trinajstić information content (AvgIpc) is 3.26. The minimum absolute atomic E-state index is 0.127. The van der Waals surface area contributed by atoms with Crippen LogP contribution in [-0.2, 0) is 16.1 Å². The molecule has 0 saturated carbocycles. The summed E-state index contributed by atoms with van der Waals surface area (Å²) in [5.41, 5.74) is 1.08. The Bertz CT molecular complexity index is 909. The number of benzene rings is 2. The zero-order chi connectivity index (χ0) is 19.8. The molecule has 5 nitrogen and oxygen atoms in total. The van der Waals surface area contributed by atoms with Crippen molar-refractivity contribution in [1.82, 2.24) is 5.32 Å². The maximum atomic E-state index is 12.4. The molecule has 0 aliphatic heterocycles. The van der Waals surface area contributed by atoms with E-state index in [1.165, 1.54) is 0 Å². The van der Waals surface area contributed by atoms with Gasteiger partial charge in [0.05, 0.1) is 11.6 Å². The van der Waals surface area contributed by atoms with Gasteiger partial charge in [-0.25, -0.2) is 4.79 Å². The van der Waals surface area contributed by atoms with Crippen molar-refractivity contribution in [1.29, 1.82) is 0 Å². The molecule has 1 aromatic heterocycles. The van der Waals surface area contributed by atoms with Gasteiger partial charge in [-0.05, 0) is 36.6 Å². The highest BCUT2D eigenvalue weighted by molar-refractivity contribution is 7.10. The second kappa shape index (κ2) is 9.71. The molecule has 6 heteroatoms. The van der Waals surface area contributed by atoms with Crippen molar-refractivity contribution in [2.24, 2.45) is 0 Å². The van der Waals surface area contributed by atoms with Gasteiger partial charge >= 0.3 is 5.97 Å². The molecule has 1 atom stereocenters. The molecule has 0 spiro atoms. The summed E-state index contributed by atoms with van der Waals surface area (Å²) in [5.74, 6) is -0.175. The van der Waals surface area contributed by atoms with E-state index in [1.807, 2.05) is 60.8 Å². The van der Waals surface area contributed by atoms with Gasteiger partial charge in [0.25, 0.3) is 5.91 Å². The number of ether oxygens (including phenoxy) is 2. The van der Waals surface area contributed by atoms with Crippen LogP contribution >= 0.6 is 11.3 Å². The molecule has 1 heterocycles. The molecule has 0 aliphatic rings. The maximum Gasteiger partial charge on any atom is 0.339 e. The number of nitrogens with one attached hydrogen (secondary N) is 1. The Morgan fingerprint density at radius 1 is 1.00 bits per heavy atom. The smallest absolute Gasteiger partial charge is 0.339 e.